The van der Waals surface area contributed by atoms with Gasteiger partial charge in [-0.25, -0.2) is 0 Å². The Kier molecular flexibility index (Phi) is 5.95. The van der Waals surface area contributed by atoms with Gasteiger partial charge in [-0.05, 0) is 49.6 Å². The van der Waals surface area contributed by atoms with Gasteiger partial charge in [0.1, 0.15) is 5.75 Å². The normalized spacial score (nSPS) is 11.5. The summed E-state index contributed by atoms with van der Waals surface area (Å²) in [6.45, 7) is 5.64. The van der Waals surface area contributed by atoms with E-state index in [0.717, 1.165) is 11.1 Å². The van der Waals surface area contributed by atoms with E-state index in [9.17, 15) is 9.59 Å². The van der Waals surface area contributed by atoms with Crippen molar-refractivity contribution in [1.29, 1.82) is 0 Å². The predicted molar refractivity (Wildman–Crippen MR) is 92.7 cm³/mol. The summed E-state index contributed by atoms with van der Waals surface area (Å²) in [5.74, 6) is -0.116. The summed E-state index contributed by atoms with van der Waals surface area (Å²) in [6, 6.07) is 14.7. The average molecular weight is 326 g/mol. The molecular formula is C19H22N2O3. The standard InChI is InChI=1S/C19H22N2O3/c1-4-17(24-15-10-7-8-13(2)12-15)19(23)21-20-18(22)16-11-6-5-9-14(16)3/h5-12,17H,4H2,1-3H3,(H,20,22)(H,21,23). The number of rotatable bonds is 5. The molecule has 0 aliphatic heterocycles. The smallest absolute Gasteiger partial charge is 0.279 e. The van der Waals surface area contributed by atoms with Crippen LogP contribution in [0.15, 0.2) is 48.5 Å². The number of amides is 2. The molecule has 2 aromatic rings. The lowest BCUT2D eigenvalue weighted by Gasteiger charge is -2.18. The van der Waals surface area contributed by atoms with Crippen molar-refractivity contribution in [2.75, 3.05) is 0 Å². The summed E-state index contributed by atoms with van der Waals surface area (Å²) < 4.78 is 5.70. The van der Waals surface area contributed by atoms with E-state index < -0.39 is 6.10 Å². The maximum atomic E-state index is 12.2. The highest BCUT2D eigenvalue weighted by molar-refractivity contribution is 5.97. The van der Waals surface area contributed by atoms with Gasteiger partial charge in [-0.3, -0.25) is 20.4 Å². The van der Waals surface area contributed by atoms with Gasteiger partial charge < -0.3 is 4.74 Å². The quantitative estimate of drug-likeness (QED) is 0.830. The van der Waals surface area contributed by atoms with Crippen molar-refractivity contribution >= 4 is 11.8 Å². The fourth-order valence-corrected chi connectivity index (χ4v) is 2.27. The third kappa shape index (κ3) is 4.59. The zero-order chi connectivity index (χ0) is 17.5. The number of benzene rings is 2. The molecule has 0 spiro atoms. The Morgan fingerprint density at radius 3 is 2.46 bits per heavy atom. The highest BCUT2D eigenvalue weighted by Gasteiger charge is 2.19. The van der Waals surface area contributed by atoms with Crippen molar-refractivity contribution in [2.45, 2.75) is 33.3 Å². The van der Waals surface area contributed by atoms with E-state index in [2.05, 4.69) is 10.9 Å². The van der Waals surface area contributed by atoms with Gasteiger partial charge in [0.2, 0.25) is 0 Å². The van der Waals surface area contributed by atoms with E-state index in [1.165, 1.54) is 0 Å². The van der Waals surface area contributed by atoms with E-state index in [4.69, 9.17) is 4.74 Å². The van der Waals surface area contributed by atoms with Crippen molar-refractivity contribution in [3.63, 3.8) is 0 Å². The molecule has 0 radical (unpaired) electrons. The first-order chi connectivity index (χ1) is 11.5. The zero-order valence-corrected chi connectivity index (χ0v) is 14.1. The SMILES string of the molecule is CCC(Oc1cccc(C)c1)C(=O)NNC(=O)c1ccccc1C. The average Bonchev–Trinajstić information content (AvgIpc) is 2.57. The monoisotopic (exact) mass is 326 g/mol. The van der Waals surface area contributed by atoms with Crippen molar-refractivity contribution in [2.24, 2.45) is 0 Å². The second-order valence-electron chi connectivity index (χ2n) is 5.59. The van der Waals surface area contributed by atoms with Crippen LogP contribution >= 0.6 is 0 Å². The van der Waals surface area contributed by atoms with Gasteiger partial charge in [-0.1, -0.05) is 37.3 Å². The fourth-order valence-electron chi connectivity index (χ4n) is 2.27. The fraction of sp³-hybridized carbons (Fsp3) is 0.263. The molecule has 0 heterocycles. The highest BCUT2D eigenvalue weighted by Crippen LogP contribution is 2.15. The number of carbonyl (C=O) groups excluding carboxylic acids is 2. The Bertz CT molecular complexity index is 728. The molecule has 0 saturated heterocycles. The zero-order valence-electron chi connectivity index (χ0n) is 14.1. The third-order valence-electron chi connectivity index (χ3n) is 3.62. The van der Waals surface area contributed by atoms with Gasteiger partial charge in [0, 0.05) is 5.56 Å². The Morgan fingerprint density at radius 2 is 1.79 bits per heavy atom. The van der Waals surface area contributed by atoms with Crippen molar-refractivity contribution < 1.29 is 14.3 Å². The second-order valence-corrected chi connectivity index (χ2v) is 5.59. The lowest BCUT2D eigenvalue weighted by atomic mass is 10.1. The molecule has 5 heteroatoms. The first-order valence-corrected chi connectivity index (χ1v) is 7.90. The molecule has 1 atom stereocenters. The summed E-state index contributed by atoms with van der Waals surface area (Å²) in [5, 5.41) is 0. The van der Waals surface area contributed by atoms with Gasteiger partial charge in [0.15, 0.2) is 6.10 Å². The van der Waals surface area contributed by atoms with Gasteiger partial charge in [-0.15, -0.1) is 0 Å². The van der Waals surface area contributed by atoms with E-state index in [1.54, 1.807) is 18.2 Å². The number of carbonyl (C=O) groups is 2. The van der Waals surface area contributed by atoms with Crippen molar-refractivity contribution in [3.8, 4) is 5.75 Å². The molecule has 0 aliphatic carbocycles. The van der Waals surface area contributed by atoms with Crippen molar-refractivity contribution in [3.05, 3.63) is 65.2 Å². The number of hydrogen-bond acceptors (Lipinski definition) is 3. The summed E-state index contributed by atoms with van der Waals surface area (Å²) >= 11 is 0. The molecule has 0 fully saturated rings. The molecule has 0 aromatic heterocycles. The van der Waals surface area contributed by atoms with Crippen LogP contribution in [0.5, 0.6) is 5.75 Å². The summed E-state index contributed by atoms with van der Waals surface area (Å²) in [6.07, 6.45) is -0.191. The number of aryl methyl sites for hydroxylation is 2. The molecule has 126 valence electrons. The molecule has 2 aromatic carbocycles. The number of hydrogen-bond donors (Lipinski definition) is 2. The molecule has 2 N–H and O–H groups in total. The number of ether oxygens (including phenoxy) is 1. The summed E-state index contributed by atoms with van der Waals surface area (Å²) in [4.78, 5) is 24.4. The van der Waals surface area contributed by atoms with Crippen molar-refractivity contribution in [1.82, 2.24) is 10.9 Å². The molecule has 0 bridgehead atoms. The molecule has 0 saturated carbocycles. The first-order valence-electron chi connectivity index (χ1n) is 7.90. The Balaban J connectivity index is 1.95. The van der Waals surface area contributed by atoms with Crippen LogP contribution in [0.2, 0.25) is 0 Å². The number of nitrogens with one attached hydrogen (secondary N) is 2. The van der Waals surface area contributed by atoms with E-state index in [1.807, 2.05) is 51.1 Å². The maximum Gasteiger partial charge on any atom is 0.279 e. The predicted octanol–water partition coefficient (Wildman–Crippen LogP) is 2.92. The Morgan fingerprint density at radius 1 is 1.04 bits per heavy atom. The van der Waals surface area contributed by atoms with E-state index in [0.29, 0.717) is 17.7 Å². The molecule has 2 amide bonds. The Hall–Kier alpha value is -2.82. The molecule has 1 unspecified atom stereocenters. The largest absolute Gasteiger partial charge is 0.481 e. The molecule has 5 nitrogen and oxygen atoms in total. The van der Waals surface area contributed by atoms with Crippen LogP contribution < -0.4 is 15.6 Å². The van der Waals surface area contributed by atoms with E-state index in [-0.39, 0.29) is 11.8 Å². The van der Waals surface area contributed by atoms with Crippen LogP contribution in [0, 0.1) is 13.8 Å². The maximum absolute atomic E-state index is 12.2. The van der Waals surface area contributed by atoms with Crippen LogP contribution in [0.3, 0.4) is 0 Å². The van der Waals surface area contributed by atoms with Crippen LogP contribution in [0.4, 0.5) is 0 Å². The van der Waals surface area contributed by atoms with Crippen LogP contribution in [0.25, 0.3) is 0 Å². The van der Waals surface area contributed by atoms with E-state index >= 15 is 0 Å². The molecule has 0 aliphatic rings. The summed E-state index contributed by atoms with van der Waals surface area (Å²) in [5.41, 5.74) is 7.27. The van der Waals surface area contributed by atoms with Gasteiger partial charge in [-0.2, -0.15) is 0 Å². The minimum atomic E-state index is -0.677. The Labute approximate surface area is 142 Å². The topological polar surface area (TPSA) is 67.4 Å². The highest BCUT2D eigenvalue weighted by atomic mass is 16.5. The minimum Gasteiger partial charge on any atom is -0.481 e. The van der Waals surface area contributed by atoms with Gasteiger partial charge in [0.05, 0.1) is 0 Å². The third-order valence-corrected chi connectivity index (χ3v) is 3.62. The number of hydrazine groups is 1. The molecule has 2 rings (SSSR count). The lowest BCUT2D eigenvalue weighted by Crippen LogP contribution is -2.48. The van der Waals surface area contributed by atoms with Crippen LogP contribution in [-0.2, 0) is 4.79 Å². The molecule has 24 heavy (non-hydrogen) atoms. The van der Waals surface area contributed by atoms with Gasteiger partial charge in [0.25, 0.3) is 11.8 Å². The molecular weight excluding hydrogens is 304 g/mol. The second kappa shape index (κ2) is 8.15. The first kappa shape index (κ1) is 17.5. The van der Waals surface area contributed by atoms with Crippen LogP contribution in [-0.4, -0.2) is 17.9 Å². The lowest BCUT2D eigenvalue weighted by molar-refractivity contribution is -0.128. The van der Waals surface area contributed by atoms with Gasteiger partial charge >= 0.3 is 0 Å². The summed E-state index contributed by atoms with van der Waals surface area (Å²) in [7, 11) is 0. The minimum absolute atomic E-state index is 0.355. The van der Waals surface area contributed by atoms with Crippen LogP contribution in [0.1, 0.15) is 34.8 Å².